The first-order valence-electron chi connectivity index (χ1n) is 10.3. The molecule has 0 radical (unpaired) electrons. The van der Waals surface area contributed by atoms with Gasteiger partial charge in [0.2, 0.25) is 17.8 Å². The third-order valence-corrected chi connectivity index (χ3v) is 5.53. The Morgan fingerprint density at radius 2 is 1.94 bits per heavy atom. The van der Waals surface area contributed by atoms with Crippen LogP contribution in [0.5, 0.6) is 5.75 Å². The number of nitro benzene ring substituents is 1. The van der Waals surface area contributed by atoms with Gasteiger partial charge in [0.25, 0.3) is 5.69 Å². The zero-order chi connectivity index (χ0) is 24.1. The molecule has 3 aromatic rings. The number of anilines is 4. The molecule has 34 heavy (non-hydrogen) atoms. The topological polar surface area (TPSA) is 151 Å². The van der Waals surface area contributed by atoms with Gasteiger partial charge in [-0.2, -0.15) is 20.1 Å². The Morgan fingerprint density at radius 1 is 1.18 bits per heavy atom. The maximum atomic E-state index is 11.0. The smallest absolute Gasteiger partial charge is 0.270 e. The summed E-state index contributed by atoms with van der Waals surface area (Å²) in [5.41, 5.74) is 4.60. The number of hydrogen-bond acceptors (Lipinski definition) is 11. The van der Waals surface area contributed by atoms with Crippen molar-refractivity contribution in [2.75, 3.05) is 41.9 Å². The number of nitro groups is 1. The quantitative estimate of drug-likeness (QED) is 0.235. The van der Waals surface area contributed by atoms with Gasteiger partial charge in [0.1, 0.15) is 5.75 Å². The van der Waals surface area contributed by atoms with Crippen LogP contribution in [-0.4, -0.2) is 57.5 Å². The molecule has 1 aliphatic rings. The number of rotatable bonds is 7. The van der Waals surface area contributed by atoms with Gasteiger partial charge in [-0.05, 0) is 46.6 Å². The summed E-state index contributed by atoms with van der Waals surface area (Å²) in [5.74, 6) is 0.757. The van der Waals surface area contributed by atoms with Crippen LogP contribution in [0, 0.1) is 17.0 Å². The molecular formula is C21H21BrN8O4. The van der Waals surface area contributed by atoms with E-state index in [1.54, 1.807) is 0 Å². The van der Waals surface area contributed by atoms with Gasteiger partial charge in [-0.1, -0.05) is 6.07 Å². The molecule has 0 unspecified atom stereocenters. The largest absolute Gasteiger partial charge is 0.507 e. The molecule has 0 amide bonds. The van der Waals surface area contributed by atoms with Crippen LogP contribution in [-0.2, 0) is 4.74 Å². The summed E-state index contributed by atoms with van der Waals surface area (Å²) in [4.78, 5) is 25.8. The van der Waals surface area contributed by atoms with Gasteiger partial charge in [-0.15, -0.1) is 0 Å². The van der Waals surface area contributed by atoms with Gasteiger partial charge in [0.05, 0.1) is 30.0 Å². The maximum absolute atomic E-state index is 11.0. The van der Waals surface area contributed by atoms with Crippen LogP contribution in [0.1, 0.15) is 11.1 Å². The lowest BCUT2D eigenvalue weighted by molar-refractivity contribution is -0.384. The van der Waals surface area contributed by atoms with Crippen LogP contribution in [0.4, 0.5) is 29.2 Å². The van der Waals surface area contributed by atoms with Crippen LogP contribution in [0.15, 0.2) is 46.0 Å². The third kappa shape index (κ3) is 5.74. The van der Waals surface area contributed by atoms with E-state index in [2.05, 4.69) is 46.7 Å². The van der Waals surface area contributed by atoms with Crippen molar-refractivity contribution in [3.8, 4) is 5.75 Å². The van der Waals surface area contributed by atoms with Crippen LogP contribution in [0.2, 0.25) is 0 Å². The molecule has 176 valence electrons. The molecule has 1 saturated heterocycles. The minimum atomic E-state index is -0.550. The number of nitrogens with one attached hydrogen (secondary N) is 2. The highest BCUT2D eigenvalue weighted by molar-refractivity contribution is 9.10. The summed E-state index contributed by atoms with van der Waals surface area (Å²) < 4.78 is 6.27. The molecular weight excluding hydrogens is 508 g/mol. The predicted octanol–water partition coefficient (Wildman–Crippen LogP) is 3.58. The predicted molar refractivity (Wildman–Crippen MR) is 131 cm³/mol. The zero-order valence-electron chi connectivity index (χ0n) is 18.1. The number of phenols is 1. The number of phenolic OH excluding ortho intramolecular Hbond substituents is 1. The van der Waals surface area contributed by atoms with Crippen LogP contribution < -0.4 is 15.6 Å². The van der Waals surface area contributed by atoms with Gasteiger partial charge in [0, 0.05) is 35.3 Å². The molecule has 4 rings (SSSR count). The molecule has 1 aliphatic heterocycles. The number of non-ortho nitro benzene ring substituents is 1. The summed E-state index contributed by atoms with van der Waals surface area (Å²) in [5, 5.41) is 28.2. The molecule has 12 nitrogen and oxygen atoms in total. The van der Waals surface area contributed by atoms with E-state index in [0.29, 0.717) is 38.2 Å². The number of benzene rings is 2. The summed E-state index contributed by atoms with van der Waals surface area (Å²) in [6, 6.07) is 9.51. The number of aromatic hydroxyl groups is 1. The summed E-state index contributed by atoms with van der Waals surface area (Å²) in [7, 11) is 0. The van der Waals surface area contributed by atoms with E-state index in [1.807, 2.05) is 30.0 Å². The van der Waals surface area contributed by atoms with Crippen molar-refractivity contribution in [2.45, 2.75) is 6.92 Å². The maximum Gasteiger partial charge on any atom is 0.270 e. The van der Waals surface area contributed by atoms with Crippen molar-refractivity contribution in [2.24, 2.45) is 5.10 Å². The fraction of sp³-hybridized carbons (Fsp3) is 0.238. The molecule has 3 N–H and O–H groups in total. The zero-order valence-corrected chi connectivity index (χ0v) is 19.7. The lowest BCUT2D eigenvalue weighted by Gasteiger charge is -2.27. The minimum absolute atomic E-state index is 0.146. The minimum Gasteiger partial charge on any atom is -0.507 e. The molecule has 2 heterocycles. The average Bonchev–Trinajstić information content (AvgIpc) is 2.82. The van der Waals surface area contributed by atoms with Gasteiger partial charge >= 0.3 is 0 Å². The molecule has 0 spiro atoms. The number of morpholine rings is 1. The fourth-order valence-electron chi connectivity index (χ4n) is 3.14. The number of hydrogen-bond donors (Lipinski definition) is 3. The first-order valence-corrected chi connectivity index (χ1v) is 11.1. The van der Waals surface area contributed by atoms with E-state index >= 15 is 0 Å². The molecule has 1 aromatic heterocycles. The van der Waals surface area contributed by atoms with Crippen molar-refractivity contribution < 1.29 is 14.8 Å². The average molecular weight is 529 g/mol. The van der Waals surface area contributed by atoms with Crippen molar-refractivity contribution >= 4 is 51.4 Å². The second kappa shape index (κ2) is 10.4. The lowest BCUT2D eigenvalue weighted by Crippen LogP contribution is -2.37. The molecule has 1 fully saturated rings. The van der Waals surface area contributed by atoms with E-state index in [-0.39, 0.29) is 22.9 Å². The fourth-order valence-corrected chi connectivity index (χ4v) is 3.73. The number of hydrazone groups is 1. The van der Waals surface area contributed by atoms with Gasteiger partial charge < -0.3 is 20.1 Å². The highest BCUT2D eigenvalue weighted by Crippen LogP contribution is 2.27. The highest BCUT2D eigenvalue weighted by Gasteiger charge is 2.17. The van der Waals surface area contributed by atoms with E-state index in [0.717, 1.165) is 15.7 Å². The van der Waals surface area contributed by atoms with Crippen molar-refractivity contribution in [1.82, 2.24) is 15.0 Å². The Morgan fingerprint density at radius 3 is 2.68 bits per heavy atom. The number of ether oxygens (including phenoxy) is 1. The third-order valence-electron chi connectivity index (χ3n) is 4.88. The van der Waals surface area contributed by atoms with E-state index in [4.69, 9.17) is 4.74 Å². The summed E-state index contributed by atoms with van der Waals surface area (Å²) in [6.45, 7) is 4.37. The highest BCUT2D eigenvalue weighted by atomic mass is 79.9. The van der Waals surface area contributed by atoms with E-state index in [9.17, 15) is 15.2 Å². The Labute approximate surface area is 203 Å². The summed E-state index contributed by atoms with van der Waals surface area (Å²) >= 11 is 3.54. The van der Waals surface area contributed by atoms with Crippen LogP contribution in [0.3, 0.4) is 0 Å². The number of nitrogens with zero attached hydrogens (tertiary/aromatic N) is 6. The SMILES string of the molecule is Cc1ccc(Nc2nc(N/N=C\c3cc([N+](=O)[O-])ccc3O)nc(N3CCOCC3)n2)c(Br)c1. The number of aryl methyl sites for hydroxylation is 1. The van der Waals surface area contributed by atoms with Gasteiger partial charge in [-0.3, -0.25) is 10.1 Å². The normalized spacial score (nSPS) is 13.8. The summed E-state index contributed by atoms with van der Waals surface area (Å²) in [6.07, 6.45) is 1.25. The molecule has 0 bridgehead atoms. The van der Waals surface area contributed by atoms with Gasteiger partial charge in [0.15, 0.2) is 0 Å². The number of halogens is 1. The second-order valence-electron chi connectivity index (χ2n) is 7.36. The van der Waals surface area contributed by atoms with E-state index in [1.165, 1.54) is 24.4 Å². The van der Waals surface area contributed by atoms with Crippen molar-refractivity contribution in [3.63, 3.8) is 0 Å². The van der Waals surface area contributed by atoms with Crippen molar-refractivity contribution in [1.29, 1.82) is 0 Å². The second-order valence-corrected chi connectivity index (χ2v) is 8.21. The van der Waals surface area contributed by atoms with Gasteiger partial charge in [-0.25, -0.2) is 5.43 Å². The molecule has 0 atom stereocenters. The number of aromatic nitrogens is 3. The lowest BCUT2D eigenvalue weighted by atomic mass is 10.2. The first kappa shape index (κ1) is 23.3. The monoisotopic (exact) mass is 528 g/mol. The Bertz CT molecular complexity index is 1230. The van der Waals surface area contributed by atoms with Crippen LogP contribution >= 0.6 is 15.9 Å². The van der Waals surface area contributed by atoms with Crippen molar-refractivity contribution in [3.05, 3.63) is 62.1 Å². The van der Waals surface area contributed by atoms with Crippen LogP contribution in [0.25, 0.3) is 0 Å². The first-order chi connectivity index (χ1) is 16.4. The Kier molecular flexibility index (Phi) is 7.13. The molecule has 0 saturated carbocycles. The Hall–Kier alpha value is -3.84. The Balaban J connectivity index is 1.60. The molecule has 2 aromatic carbocycles. The van der Waals surface area contributed by atoms with E-state index < -0.39 is 4.92 Å². The standard InChI is InChI=1S/C21H21BrN8O4/c1-13-2-4-17(16(22)10-13)24-19-25-20(27-21(26-19)29-6-8-34-9-7-29)28-23-12-14-11-15(30(32)33)3-5-18(14)31/h2-5,10-12,31H,6-9H2,1H3,(H2,24,25,26,27,28)/b23-12-. The molecule has 0 aliphatic carbocycles. The molecule has 13 heteroatoms.